The van der Waals surface area contributed by atoms with Gasteiger partial charge >= 0.3 is 0 Å². The Balaban J connectivity index is 1.56. The highest BCUT2D eigenvalue weighted by Crippen LogP contribution is 2.32. The maximum absolute atomic E-state index is 12.5. The minimum absolute atomic E-state index is 0.00504. The van der Waals surface area contributed by atoms with E-state index in [9.17, 15) is 9.32 Å². The van der Waals surface area contributed by atoms with E-state index in [1.807, 2.05) is 38.1 Å². The number of fused-ring (bicyclic) bond motifs is 1. The van der Waals surface area contributed by atoms with Crippen molar-refractivity contribution in [3.8, 4) is 0 Å². The number of halogens is 1. The van der Waals surface area contributed by atoms with Gasteiger partial charge in [0.05, 0.1) is 39.9 Å². The normalized spacial score (nSPS) is 19.8. The first kappa shape index (κ1) is 21.3. The van der Waals surface area contributed by atoms with Crippen molar-refractivity contribution in [1.82, 2.24) is 9.97 Å². The molecule has 30 heavy (non-hydrogen) atoms. The molecule has 4 rings (SSSR count). The van der Waals surface area contributed by atoms with Crippen molar-refractivity contribution < 1.29 is 9.32 Å². The second kappa shape index (κ2) is 9.08. The number of hydrogen-bond acceptors (Lipinski definition) is 7. The number of benzene rings is 1. The molecule has 1 saturated heterocycles. The van der Waals surface area contributed by atoms with Crippen LogP contribution in [0.2, 0.25) is 5.02 Å². The maximum Gasteiger partial charge on any atom is 0.227 e. The van der Waals surface area contributed by atoms with Gasteiger partial charge in [-0.15, -0.1) is 0 Å². The van der Waals surface area contributed by atoms with Crippen LogP contribution in [0.5, 0.6) is 0 Å². The first-order valence-corrected chi connectivity index (χ1v) is 12.1. The van der Waals surface area contributed by atoms with Crippen molar-refractivity contribution in [2.45, 2.75) is 31.2 Å². The monoisotopic (exact) mass is 449 g/mol. The average molecular weight is 450 g/mol. The molecule has 0 spiro atoms. The minimum atomic E-state index is -1.10. The first-order chi connectivity index (χ1) is 14.5. The van der Waals surface area contributed by atoms with Crippen molar-refractivity contribution in [3.63, 3.8) is 0 Å². The summed E-state index contributed by atoms with van der Waals surface area (Å²) in [5, 5.41) is 13.8. The lowest BCUT2D eigenvalue weighted by molar-refractivity contribution is 0.249. The molecular formula is C21H28ClN5O2S. The van der Waals surface area contributed by atoms with Gasteiger partial charge in [0.1, 0.15) is 10.7 Å². The summed E-state index contributed by atoms with van der Waals surface area (Å²) >= 11 is 6.36. The van der Waals surface area contributed by atoms with E-state index in [4.69, 9.17) is 21.6 Å². The molecule has 3 heterocycles. The van der Waals surface area contributed by atoms with E-state index >= 15 is 0 Å². The average Bonchev–Trinajstić information content (AvgIpc) is 3.13. The Kier molecular flexibility index (Phi) is 6.46. The summed E-state index contributed by atoms with van der Waals surface area (Å²) in [5.74, 6) is 2.06. The van der Waals surface area contributed by atoms with Crippen molar-refractivity contribution >= 4 is 39.9 Å². The van der Waals surface area contributed by atoms with E-state index in [1.54, 1.807) is 0 Å². The molecule has 2 N–H and O–H groups in total. The smallest absolute Gasteiger partial charge is 0.227 e. The van der Waals surface area contributed by atoms with Gasteiger partial charge in [0.25, 0.3) is 0 Å². The minimum Gasteiger partial charge on any atom is -0.394 e. The summed E-state index contributed by atoms with van der Waals surface area (Å²) in [5.41, 5.74) is 1.91. The lowest BCUT2D eigenvalue weighted by Crippen LogP contribution is -2.47. The summed E-state index contributed by atoms with van der Waals surface area (Å²) in [6, 6.07) is 7.75. The molecule has 2 atom stereocenters. The Hall–Kier alpha value is -1.90. The predicted octanol–water partition coefficient (Wildman–Crippen LogP) is 2.55. The number of aliphatic hydroxyl groups is 1. The summed E-state index contributed by atoms with van der Waals surface area (Å²) in [4.78, 5) is 14.7. The Morgan fingerprint density at radius 3 is 2.53 bits per heavy atom. The van der Waals surface area contributed by atoms with Crippen molar-refractivity contribution in [3.05, 3.63) is 35.0 Å². The van der Waals surface area contributed by atoms with Gasteiger partial charge in [0.2, 0.25) is 5.95 Å². The third-order valence-corrected chi connectivity index (χ3v) is 7.53. The third kappa shape index (κ3) is 4.26. The number of aromatic nitrogens is 2. The number of nitrogens with one attached hydrogen (secondary N) is 1. The van der Waals surface area contributed by atoms with E-state index in [2.05, 4.69) is 15.1 Å². The van der Waals surface area contributed by atoms with Crippen LogP contribution in [0, 0.1) is 5.92 Å². The zero-order valence-electron chi connectivity index (χ0n) is 17.3. The number of aliphatic hydroxyl groups excluding tert-OH is 1. The Labute approximate surface area is 184 Å². The van der Waals surface area contributed by atoms with Gasteiger partial charge in [-0.25, -0.2) is 4.98 Å². The number of piperazine rings is 1. The molecule has 0 aliphatic carbocycles. The quantitative estimate of drug-likeness (QED) is 0.701. The zero-order chi connectivity index (χ0) is 21.3. The molecule has 1 fully saturated rings. The molecule has 1 aromatic carbocycles. The number of hydrogen-bond donors (Lipinski definition) is 2. The fourth-order valence-electron chi connectivity index (χ4n) is 3.88. The molecule has 2 aromatic rings. The van der Waals surface area contributed by atoms with E-state index in [-0.39, 0.29) is 18.6 Å². The molecule has 7 nitrogen and oxygen atoms in total. The van der Waals surface area contributed by atoms with Crippen LogP contribution in [0.15, 0.2) is 29.2 Å². The van der Waals surface area contributed by atoms with Gasteiger partial charge in [-0.1, -0.05) is 37.6 Å². The van der Waals surface area contributed by atoms with Crippen molar-refractivity contribution in [2.75, 3.05) is 53.7 Å². The van der Waals surface area contributed by atoms with E-state index in [0.29, 0.717) is 28.8 Å². The molecule has 0 bridgehead atoms. The Morgan fingerprint density at radius 2 is 1.87 bits per heavy atom. The van der Waals surface area contributed by atoms with Gasteiger partial charge in [0.15, 0.2) is 0 Å². The van der Waals surface area contributed by atoms with Crippen LogP contribution >= 0.6 is 11.6 Å². The molecule has 2 aliphatic heterocycles. The molecule has 162 valence electrons. The summed E-state index contributed by atoms with van der Waals surface area (Å²) in [7, 11) is -1.10. The van der Waals surface area contributed by atoms with Gasteiger partial charge in [-0.2, -0.15) is 4.98 Å². The largest absolute Gasteiger partial charge is 0.394 e. The topological polar surface area (TPSA) is 81.6 Å². The van der Waals surface area contributed by atoms with E-state index in [0.717, 1.165) is 42.6 Å². The van der Waals surface area contributed by atoms with Gasteiger partial charge in [0, 0.05) is 38.4 Å². The maximum atomic E-state index is 12.5. The highest BCUT2D eigenvalue weighted by atomic mass is 35.5. The molecule has 1 unspecified atom stereocenters. The number of anilines is 3. The van der Waals surface area contributed by atoms with Crippen LogP contribution in [-0.2, 0) is 17.2 Å². The second-order valence-corrected chi connectivity index (χ2v) is 9.97. The lowest BCUT2D eigenvalue weighted by atomic mass is 10.1. The number of nitrogens with zero attached hydrogens (tertiary/aromatic N) is 4. The molecule has 2 aliphatic rings. The van der Waals surface area contributed by atoms with Gasteiger partial charge in [-0.05, 0) is 18.1 Å². The summed E-state index contributed by atoms with van der Waals surface area (Å²) < 4.78 is 12.5. The van der Waals surface area contributed by atoms with Crippen LogP contribution in [0.1, 0.15) is 19.5 Å². The summed E-state index contributed by atoms with van der Waals surface area (Å²) in [6.45, 7) is 7.28. The SMILES string of the molecule is CC(C)C(CO)Nc1nc(N2CCN(c3ccccc3Cl)CC2)nc2c1[S@](=O)CC2. The molecule has 0 saturated carbocycles. The van der Waals surface area contributed by atoms with Crippen molar-refractivity contribution in [1.29, 1.82) is 0 Å². The molecular weight excluding hydrogens is 422 g/mol. The Bertz CT molecular complexity index is 934. The Morgan fingerprint density at radius 1 is 1.17 bits per heavy atom. The first-order valence-electron chi connectivity index (χ1n) is 10.4. The van der Waals surface area contributed by atoms with E-state index < -0.39 is 10.8 Å². The van der Waals surface area contributed by atoms with Crippen LogP contribution in [-0.4, -0.2) is 63.9 Å². The predicted molar refractivity (Wildman–Crippen MR) is 122 cm³/mol. The number of rotatable bonds is 6. The molecule has 0 amide bonds. The molecule has 1 aromatic heterocycles. The van der Waals surface area contributed by atoms with Crippen molar-refractivity contribution in [2.24, 2.45) is 5.92 Å². The van der Waals surface area contributed by atoms with Crippen LogP contribution < -0.4 is 15.1 Å². The van der Waals surface area contributed by atoms with Crippen LogP contribution in [0.3, 0.4) is 0 Å². The van der Waals surface area contributed by atoms with Gasteiger partial charge < -0.3 is 20.2 Å². The number of para-hydroxylation sites is 1. The van der Waals surface area contributed by atoms with Gasteiger partial charge in [-0.3, -0.25) is 4.21 Å². The zero-order valence-corrected chi connectivity index (χ0v) is 18.9. The highest BCUT2D eigenvalue weighted by Gasteiger charge is 2.29. The second-order valence-electron chi connectivity index (χ2n) is 8.05. The van der Waals surface area contributed by atoms with Crippen LogP contribution in [0.25, 0.3) is 0 Å². The third-order valence-electron chi connectivity index (χ3n) is 5.76. The molecule has 0 radical (unpaired) electrons. The standard InChI is InChI=1S/C21H28ClN5O2S/c1-14(2)17(13-28)23-20-19-16(7-12-30(19)29)24-21(25-20)27-10-8-26(9-11-27)18-6-4-3-5-15(18)22/h3-6,14,17,28H,7-13H2,1-2H3,(H,23,24,25)/t17?,30-/m1/s1. The summed E-state index contributed by atoms with van der Waals surface area (Å²) in [6.07, 6.45) is 0.692. The van der Waals surface area contributed by atoms with E-state index in [1.165, 1.54) is 0 Å². The fourth-order valence-corrected chi connectivity index (χ4v) is 5.45. The lowest BCUT2D eigenvalue weighted by Gasteiger charge is -2.36. The number of aryl methyl sites for hydroxylation is 1. The van der Waals surface area contributed by atoms with Crippen LogP contribution in [0.4, 0.5) is 17.5 Å². The fraction of sp³-hybridized carbons (Fsp3) is 0.524. The molecule has 9 heteroatoms. The highest BCUT2D eigenvalue weighted by molar-refractivity contribution is 7.85.